The summed E-state index contributed by atoms with van der Waals surface area (Å²) in [7, 11) is 0. The van der Waals surface area contributed by atoms with Crippen LogP contribution >= 0.6 is 0 Å². The lowest BCUT2D eigenvalue weighted by Gasteiger charge is -2.24. The third-order valence-corrected chi connectivity index (χ3v) is 4.64. The van der Waals surface area contributed by atoms with Gasteiger partial charge >= 0.3 is 0 Å². The number of anilines is 1. The van der Waals surface area contributed by atoms with Gasteiger partial charge in [-0.1, -0.05) is 82.9 Å². The molecule has 146 valence electrons. The highest BCUT2D eigenvalue weighted by Gasteiger charge is 2.13. The van der Waals surface area contributed by atoms with E-state index in [0.29, 0.717) is 0 Å². The Bertz CT molecular complexity index is 502. The van der Waals surface area contributed by atoms with Gasteiger partial charge in [-0.25, -0.2) is 0 Å². The molecule has 0 aromatic heterocycles. The molecule has 0 heterocycles. The van der Waals surface area contributed by atoms with Crippen LogP contribution in [0.2, 0.25) is 0 Å². The Hall–Kier alpha value is -1.84. The van der Waals surface area contributed by atoms with Gasteiger partial charge in [0, 0.05) is 12.2 Å². The maximum atomic E-state index is 12.0. The van der Waals surface area contributed by atoms with Gasteiger partial charge in [0.1, 0.15) is 0 Å². The van der Waals surface area contributed by atoms with Crippen LogP contribution in [0.25, 0.3) is 0 Å². The number of carbonyl (C=O) groups excluding carboxylic acids is 2. The van der Waals surface area contributed by atoms with E-state index in [-0.39, 0.29) is 18.7 Å². The molecule has 0 saturated heterocycles. The average molecular weight is 361 g/mol. The molecule has 0 unspecified atom stereocenters. The van der Waals surface area contributed by atoms with Crippen LogP contribution in [0.3, 0.4) is 0 Å². The molecule has 1 amide bonds. The minimum Gasteiger partial charge on any atom is -0.369 e. The molecule has 0 bridgehead atoms. The van der Waals surface area contributed by atoms with Crippen molar-refractivity contribution >= 4 is 17.4 Å². The van der Waals surface area contributed by atoms with Crippen LogP contribution in [-0.2, 0) is 9.59 Å². The van der Waals surface area contributed by atoms with Crippen LogP contribution in [0.4, 0.5) is 5.69 Å². The number of nitrogens with two attached hydrogens (primary N) is 1. The quantitative estimate of drug-likeness (QED) is 0.338. The van der Waals surface area contributed by atoms with E-state index in [4.69, 9.17) is 5.73 Å². The molecule has 0 spiro atoms. The van der Waals surface area contributed by atoms with Crippen molar-refractivity contribution in [3.05, 3.63) is 30.3 Å². The van der Waals surface area contributed by atoms with Gasteiger partial charge < -0.3 is 10.6 Å². The molecule has 0 aliphatic heterocycles. The summed E-state index contributed by atoms with van der Waals surface area (Å²) in [6.07, 6.45) is 12.7. The third kappa shape index (κ3) is 10.9. The predicted octanol–water partition coefficient (Wildman–Crippen LogP) is 4.86. The molecular formula is C22H36N2O2. The maximum absolute atomic E-state index is 12.0. The second-order valence-electron chi connectivity index (χ2n) is 7.12. The zero-order valence-electron chi connectivity index (χ0n) is 16.4. The van der Waals surface area contributed by atoms with Crippen LogP contribution in [0.15, 0.2) is 30.3 Å². The van der Waals surface area contributed by atoms with Crippen molar-refractivity contribution in [2.75, 3.05) is 18.0 Å². The van der Waals surface area contributed by atoms with Crippen LogP contribution in [0, 0.1) is 0 Å². The van der Waals surface area contributed by atoms with Crippen molar-refractivity contribution in [3.8, 4) is 0 Å². The predicted molar refractivity (Wildman–Crippen MR) is 109 cm³/mol. The number of hydrogen-bond acceptors (Lipinski definition) is 3. The maximum Gasteiger partial charge on any atom is 0.224 e. The normalized spacial score (nSPS) is 10.7. The Morgan fingerprint density at radius 3 is 1.92 bits per heavy atom. The van der Waals surface area contributed by atoms with Crippen LogP contribution in [0.5, 0.6) is 0 Å². The molecule has 0 atom stereocenters. The lowest BCUT2D eigenvalue weighted by molar-refractivity contribution is -0.125. The number of nitrogens with zero attached hydrogens (tertiary/aromatic N) is 1. The van der Waals surface area contributed by atoms with Crippen LogP contribution in [0.1, 0.15) is 77.6 Å². The molecule has 4 nitrogen and oxygen atoms in total. The Morgan fingerprint density at radius 1 is 0.846 bits per heavy atom. The molecule has 0 aliphatic carbocycles. The SMILES string of the molecule is CCCCCCCCCCCCN(CC(=O)CC(N)=O)c1ccccc1. The topological polar surface area (TPSA) is 63.4 Å². The first-order valence-electron chi connectivity index (χ1n) is 10.2. The highest BCUT2D eigenvalue weighted by molar-refractivity contribution is 5.99. The van der Waals surface area contributed by atoms with Crippen LogP contribution < -0.4 is 10.6 Å². The van der Waals surface area contributed by atoms with E-state index >= 15 is 0 Å². The first-order valence-corrected chi connectivity index (χ1v) is 10.2. The lowest BCUT2D eigenvalue weighted by atomic mass is 10.1. The van der Waals surface area contributed by atoms with Gasteiger partial charge in [0.15, 0.2) is 5.78 Å². The molecule has 1 aromatic carbocycles. The van der Waals surface area contributed by atoms with Crippen molar-refractivity contribution in [3.63, 3.8) is 0 Å². The van der Waals surface area contributed by atoms with E-state index in [1.807, 2.05) is 30.3 Å². The fourth-order valence-electron chi connectivity index (χ4n) is 3.19. The van der Waals surface area contributed by atoms with Crippen molar-refractivity contribution in [2.24, 2.45) is 5.73 Å². The van der Waals surface area contributed by atoms with Gasteiger partial charge in [-0.05, 0) is 18.6 Å². The smallest absolute Gasteiger partial charge is 0.224 e. The van der Waals surface area contributed by atoms with E-state index in [1.54, 1.807) is 0 Å². The lowest BCUT2D eigenvalue weighted by Crippen LogP contribution is -2.32. The van der Waals surface area contributed by atoms with Gasteiger partial charge in [-0.15, -0.1) is 0 Å². The van der Waals surface area contributed by atoms with E-state index in [9.17, 15) is 9.59 Å². The molecule has 0 aliphatic rings. The molecule has 0 radical (unpaired) electrons. The number of carbonyl (C=O) groups is 2. The van der Waals surface area contributed by atoms with Crippen molar-refractivity contribution in [2.45, 2.75) is 77.6 Å². The zero-order valence-corrected chi connectivity index (χ0v) is 16.4. The molecule has 4 heteroatoms. The van der Waals surface area contributed by atoms with E-state index in [2.05, 4.69) is 11.8 Å². The number of primary amides is 1. The van der Waals surface area contributed by atoms with E-state index in [0.717, 1.165) is 18.7 Å². The summed E-state index contributed by atoms with van der Waals surface area (Å²) in [5.41, 5.74) is 6.16. The Labute approximate surface area is 159 Å². The molecule has 0 saturated carbocycles. The molecule has 1 aromatic rings. The van der Waals surface area contributed by atoms with E-state index < -0.39 is 5.91 Å². The third-order valence-electron chi connectivity index (χ3n) is 4.64. The summed E-state index contributed by atoms with van der Waals surface area (Å²) >= 11 is 0. The second kappa shape index (κ2) is 14.3. The van der Waals surface area contributed by atoms with Gasteiger partial charge in [-0.2, -0.15) is 0 Å². The monoisotopic (exact) mass is 360 g/mol. The summed E-state index contributed by atoms with van der Waals surface area (Å²) in [6, 6.07) is 9.92. The average Bonchev–Trinajstić information content (AvgIpc) is 2.62. The van der Waals surface area contributed by atoms with Gasteiger partial charge in [0.05, 0.1) is 13.0 Å². The Balaban J connectivity index is 2.26. The minimum atomic E-state index is -0.554. The standard InChI is InChI=1S/C22H36N2O2/c1-2-3-4-5-6-7-8-9-10-14-17-24(19-21(25)18-22(23)26)20-15-12-11-13-16-20/h11-13,15-16H,2-10,14,17-19H2,1H3,(H2,23,26). The van der Waals surface area contributed by atoms with Crippen LogP contribution in [-0.4, -0.2) is 24.8 Å². The molecule has 1 rings (SSSR count). The summed E-state index contributed by atoms with van der Waals surface area (Å²) in [6.45, 7) is 3.34. The van der Waals surface area contributed by atoms with Crippen molar-refractivity contribution < 1.29 is 9.59 Å². The fraction of sp³-hybridized carbons (Fsp3) is 0.636. The second-order valence-corrected chi connectivity index (χ2v) is 7.12. The molecule has 0 fully saturated rings. The number of benzene rings is 1. The number of hydrogen-bond donors (Lipinski definition) is 1. The number of rotatable bonds is 16. The molecular weight excluding hydrogens is 324 g/mol. The number of amides is 1. The van der Waals surface area contributed by atoms with E-state index in [1.165, 1.54) is 57.8 Å². The number of unbranched alkanes of at least 4 members (excludes halogenated alkanes) is 9. The molecule has 2 N–H and O–H groups in total. The first kappa shape index (κ1) is 22.2. The number of para-hydroxylation sites is 1. The highest BCUT2D eigenvalue weighted by Crippen LogP contribution is 2.16. The van der Waals surface area contributed by atoms with Gasteiger partial charge in [0.2, 0.25) is 5.91 Å². The van der Waals surface area contributed by atoms with Crippen molar-refractivity contribution in [1.29, 1.82) is 0 Å². The first-order chi connectivity index (χ1) is 12.6. The Kier molecular flexibility index (Phi) is 12.2. The summed E-state index contributed by atoms with van der Waals surface area (Å²) in [5, 5.41) is 0. The van der Waals surface area contributed by atoms with Crippen molar-refractivity contribution in [1.82, 2.24) is 0 Å². The van der Waals surface area contributed by atoms with Gasteiger partial charge in [-0.3, -0.25) is 9.59 Å². The number of Topliss-reactive ketones (excluding diaryl/α,β-unsaturated/α-hetero) is 1. The number of ketones is 1. The summed E-state index contributed by atoms with van der Waals surface area (Å²) in [5.74, 6) is -0.671. The summed E-state index contributed by atoms with van der Waals surface area (Å²) in [4.78, 5) is 25.0. The summed E-state index contributed by atoms with van der Waals surface area (Å²) < 4.78 is 0. The fourth-order valence-corrected chi connectivity index (χ4v) is 3.19. The highest BCUT2D eigenvalue weighted by atomic mass is 16.2. The minimum absolute atomic E-state index is 0.117. The Morgan fingerprint density at radius 2 is 1.38 bits per heavy atom. The zero-order chi connectivity index (χ0) is 19.0. The largest absolute Gasteiger partial charge is 0.369 e. The van der Waals surface area contributed by atoms with Gasteiger partial charge in [0.25, 0.3) is 0 Å². The molecule has 26 heavy (non-hydrogen) atoms.